The number of halogens is 4. The van der Waals surface area contributed by atoms with Crippen molar-refractivity contribution in [1.29, 1.82) is 0 Å². The van der Waals surface area contributed by atoms with E-state index in [0.717, 1.165) is 0 Å². The Morgan fingerprint density at radius 2 is 1.78 bits per heavy atom. The predicted molar refractivity (Wildman–Crippen MR) is 92.5 cm³/mol. The Kier molecular flexibility index (Phi) is 5.28. The van der Waals surface area contributed by atoms with Gasteiger partial charge < -0.3 is 5.32 Å². The molecular weight excluding hydrogens is 405 g/mol. The summed E-state index contributed by atoms with van der Waals surface area (Å²) in [7, 11) is 0. The predicted octanol–water partition coefficient (Wildman–Crippen LogP) is 3.41. The number of urea groups is 1. The molecular formula is C15H8Cl2F2N6O2. The van der Waals surface area contributed by atoms with Crippen LogP contribution < -0.4 is 10.6 Å². The Bertz CT molecular complexity index is 1030. The van der Waals surface area contributed by atoms with Gasteiger partial charge in [0.25, 0.3) is 5.91 Å². The zero-order chi connectivity index (χ0) is 19.6. The highest BCUT2D eigenvalue weighted by atomic mass is 35.5. The average molecular weight is 413 g/mol. The van der Waals surface area contributed by atoms with Crippen LogP contribution >= 0.6 is 23.2 Å². The van der Waals surface area contributed by atoms with Crippen LogP contribution in [0.4, 0.5) is 19.3 Å². The summed E-state index contributed by atoms with van der Waals surface area (Å²) >= 11 is 11.8. The fourth-order valence-electron chi connectivity index (χ4n) is 2.06. The van der Waals surface area contributed by atoms with Gasteiger partial charge in [0.05, 0.1) is 21.3 Å². The first-order chi connectivity index (χ1) is 12.8. The van der Waals surface area contributed by atoms with E-state index >= 15 is 0 Å². The number of nitrogens with one attached hydrogen (secondary N) is 3. The number of tetrazole rings is 1. The number of hydrogen-bond donors (Lipinski definition) is 3. The number of amides is 3. The van der Waals surface area contributed by atoms with Gasteiger partial charge in [0.1, 0.15) is 0 Å². The SMILES string of the molecule is O=C(NC(=O)c1cc(F)c(F)cc1Cl)Nc1ccc(-c2nn[nH]n2)cc1Cl. The zero-order valence-electron chi connectivity index (χ0n) is 13.1. The van der Waals surface area contributed by atoms with Crippen LogP contribution in [0, 0.1) is 11.6 Å². The van der Waals surface area contributed by atoms with Crippen molar-refractivity contribution in [2.45, 2.75) is 0 Å². The zero-order valence-corrected chi connectivity index (χ0v) is 14.6. The van der Waals surface area contributed by atoms with E-state index in [1.165, 1.54) is 12.1 Å². The third kappa shape index (κ3) is 4.18. The summed E-state index contributed by atoms with van der Waals surface area (Å²) in [5, 5.41) is 17.4. The fraction of sp³-hybridized carbons (Fsp3) is 0. The van der Waals surface area contributed by atoms with Gasteiger partial charge in [-0.15, -0.1) is 10.2 Å². The maximum atomic E-state index is 13.3. The van der Waals surface area contributed by atoms with Gasteiger partial charge in [-0.05, 0) is 35.5 Å². The third-order valence-electron chi connectivity index (χ3n) is 3.30. The Labute approximate surface area is 159 Å². The van der Waals surface area contributed by atoms with Crippen LogP contribution in [0.15, 0.2) is 30.3 Å². The largest absolute Gasteiger partial charge is 0.326 e. The highest BCUT2D eigenvalue weighted by Crippen LogP contribution is 2.27. The lowest BCUT2D eigenvalue weighted by molar-refractivity contribution is 0.0966. The van der Waals surface area contributed by atoms with E-state index in [4.69, 9.17) is 23.2 Å². The number of carbonyl (C=O) groups excluding carboxylic acids is 2. The van der Waals surface area contributed by atoms with Crippen molar-refractivity contribution >= 4 is 40.8 Å². The van der Waals surface area contributed by atoms with Crippen molar-refractivity contribution in [3.63, 3.8) is 0 Å². The summed E-state index contributed by atoms with van der Waals surface area (Å²) in [5.74, 6) is -3.20. The topological polar surface area (TPSA) is 113 Å². The quantitative estimate of drug-likeness (QED) is 0.570. The molecule has 0 aliphatic rings. The number of aromatic amines is 1. The molecule has 0 saturated heterocycles. The molecule has 0 aliphatic carbocycles. The summed E-state index contributed by atoms with van der Waals surface area (Å²) in [6, 6.07) is 4.79. The van der Waals surface area contributed by atoms with E-state index in [2.05, 4.69) is 25.9 Å². The number of carbonyl (C=O) groups is 2. The summed E-state index contributed by atoms with van der Waals surface area (Å²) in [5.41, 5.74) is 0.333. The molecule has 0 bridgehead atoms. The standard InChI is InChI=1S/C15H8Cl2F2N6O2/c16-8-5-11(19)10(18)4-7(8)14(26)21-15(27)20-12-2-1-6(3-9(12)17)13-22-24-25-23-13/h1-5H,(H2,20,21,26,27)(H,22,23,24,25). The Balaban J connectivity index is 1.71. The van der Waals surface area contributed by atoms with Crippen LogP contribution in [0.3, 0.4) is 0 Å². The maximum Gasteiger partial charge on any atom is 0.326 e. The van der Waals surface area contributed by atoms with Crippen molar-refractivity contribution in [3.05, 3.63) is 57.6 Å². The number of aromatic nitrogens is 4. The van der Waals surface area contributed by atoms with Crippen molar-refractivity contribution in [2.24, 2.45) is 0 Å². The van der Waals surface area contributed by atoms with E-state index in [9.17, 15) is 18.4 Å². The van der Waals surface area contributed by atoms with Crippen molar-refractivity contribution in [3.8, 4) is 11.4 Å². The number of hydrogen-bond acceptors (Lipinski definition) is 5. The van der Waals surface area contributed by atoms with Gasteiger partial charge in [-0.1, -0.05) is 23.2 Å². The molecule has 2 aromatic carbocycles. The fourth-order valence-corrected chi connectivity index (χ4v) is 2.52. The molecule has 3 aromatic rings. The lowest BCUT2D eigenvalue weighted by atomic mass is 10.2. The molecule has 27 heavy (non-hydrogen) atoms. The molecule has 3 N–H and O–H groups in total. The van der Waals surface area contributed by atoms with Gasteiger partial charge in [0.2, 0.25) is 5.82 Å². The molecule has 1 aromatic heterocycles. The van der Waals surface area contributed by atoms with E-state index in [-0.39, 0.29) is 15.7 Å². The maximum absolute atomic E-state index is 13.3. The average Bonchev–Trinajstić information content (AvgIpc) is 3.14. The van der Waals surface area contributed by atoms with Crippen molar-refractivity contribution < 1.29 is 18.4 Å². The van der Waals surface area contributed by atoms with Gasteiger partial charge >= 0.3 is 6.03 Å². The summed E-state index contributed by atoms with van der Waals surface area (Å²) in [6.45, 7) is 0. The van der Waals surface area contributed by atoms with Gasteiger partial charge in [-0.3, -0.25) is 10.1 Å². The number of nitrogens with zero attached hydrogens (tertiary/aromatic N) is 3. The van der Waals surface area contributed by atoms with Gasteiger partial charge in [-0.25, -0.2) is 13.6 Å². The van der Waals surface area contributed by atoms with Crippen molar-refractivity contribution in [1.82, 2.24) is 25.9 Å². The van der Waals surface area contributed by atoms with Crippen LogP contribution in [0.25, 0.3) is 11.4 Å². The number of H-pyrrole nitrogens is 1. The van der Waals surface area contributed by atoms with Gasteiger partial charge in [0, 0.05) is 5.56 Å². The van der Waals surface area contributed by atoms with Crippen LogP contribution in [0.5, 0.6) is 0 Å². The van der Waals surface area contributed by atoms with Crippen LogP contribution in [-0.2, 0) is 0 Å². The lowest BCUT2D eigenvalue weighted by Gasteiger charge is -2.10. The molecule has 8 nitrogen and oxygen atoms in total. The summed E-state index contributed by atoms with van der Waals surface area (Å²) in [4.78, 5) is 24.0. The summed E-state index contributed by atoms with van der Waals surface area (Å²) < 4.78 is 26.3. The lowest BCUT2D eigenvalue weighted by Crippen LogP contribution is -2.34. The van der Waals surface area contributed by atoms with Crippen LogP contribution in [0.2, 0.25) is 10.0 Å². The van der Waals surface area contributed by atoms with Crippen LogP contribution in [-0.4, -0.2) is 32.6 Å². The molecule has 3 rings (SSSR count). The molecule has 3 amide bonds. The number of imide groups is 1. The molecule has 0 atom stereocenters. The molecule has 0 aliphatic heterocycles. The van der Waals surface area contributed by atoms with Gasteiger partial charge in [0.15, 0.2) is 11.6 Å². The molecule has 0 radical (unpaired) electrons. The molecule has 0 fully saturated rings. The Hall–Kier alpha value is -3.11. The second-order valence-electron chi connectivity index (χ2n) is 5.08. The number of anilines is 1. The first-order valence-electron chi connectivity index (χ1n) is 7.15. The van der Waals surface area contributed by atoms with E-state index in [1.807, 2.05) is 5.32 Å². The van der Waals surface area contributed by atoms with Crippen molar-refractivity contribution in [2.75, 3.05) is 5.32 Å². The smallest absolute Gasteiger partial charge is 0.306 e. The second-order valence-corrected chi connectivity index (χ2v) is 5.90. The molecule has 0 saturated carbocycles. The first-order valence-corrected chi connectivity index (χ1v) is 7.91. The third-order valence-corrected chi connectivity index (χ3v) is 3.93. The number of benzene rings is 2. The summed E-state index contributed by atoms with van der Waals surface area (Å²) in [6.07, 6.45) is 0. The molecule has 1 heterocycles. The highest BCUT2D eigenvalue weighted by molar-refractivity contribution is 6.35. The normalized spacial score (nSPS) is 10.5. The van der Waals surface area contributed by atoms with E-state index in [0.29, 0.717) is 23.5 Å². The molecule has 138 valence electrons. The van der Waals surface area contributed by atoms with E-state index < -0.39 is 29.1 Å². The Morgan fingerprint density at radius 3 is 2.44 bits per heavy atom. The monoisotopic (exact) mass is 412 g/mol. The highest BCUT2D eigenvalue weighted by Gasteiger charge is 2.18. The Morgan fingerprint density at radius 1 is 1.04 bits per heavy atom. The second kappa shape index (κ2) is 7.64. The minimum atomic E-state index is -1.27. The minimum absolute atomic E-state index is 0.144. The van der Waals surface area contributed by atoms with Gasteiger partial charge in [-0.2, -0.15) is 5.21 Å². The molecule has 12 heteroatoms. The molecule has 0 spiro atoms. The molecule has 0 unspecified atom stereocenters. The van der Waals surface area contributed by atoms with E-state index in [1.54, 1.807) is 6.07 Å². The number of rotatable bonds is 3. The minimum Gasteiger partial charge on any atom is -0.306 e. The van der Waals surface area contributed by atoms with Crippen LogP contribution in [0.1, 0.15) is 10.4 Å². The first kappa shape index (κ1) is 18.7.